The van der Waals surface area contributed by atoms with Crippen LogP contribution >= 0.6 is 11.6 Å². The van der Waals surface area contributed by atoms with Crippen molar-refractivity contribution in [3.8, 4) is 0 Å². The van der Waals surface area contributed by atoms with Crippen LogP contribution in [0.3, 0.4) is 0 Å². The van der Waals surface area contributed by atoms with E-state index in [1.54, 1.807) is 6.07 Å². The molecule has 136 valence electrons. The van der Waals surface area contributed by atoms with Crippen molar-refractivity contribution in [3.05, 3.63) is 34.6 Å². The fourth-order valence-corrected chi connectivity index (χ4v) is 3.70. The highest BCUT2D eigenvalue weighted by Gasteiger charge is 2.32. The fraction of sp³-hybridized carbons (Fsp3) is 0.556. The van der Waals surface area contributed by atoms with Crippen molar-refractivity contribution in [3.63, 3.8) is 0 Å². The van der Waals surface area contributed by atoms with Gasteiger partial charge in [0.1, 0.15) is 5.82 Å². The van der Waals surface area contributed by atoms with Gasteiger partial charge in [-0.25, -0.2) is 4.39 Å². The summed E-state index contributed by atoms with van der Waals surface area (Å²) in [5.74, 6) is -0.723. The Morgan fingerprint density at radius 3 is 2.84 bits per heavy atom. The molecular formula is C18H23ClFN3O2. The average Bonchev–Trinajstić information content (AvgIpc) is 3.07. The second kappa shape index (κ2) is 8.15. The molecule has 1 aromatic rings. The van der Waals surface area contributed by atoms with E-state index in [4.69, 9.17) is 11.6 Å². The van der Waals surface area contributed by atoms with Crippen LogP contribution in [-0.4, -0.2) is 41.9 Å². The summed E-state index contributed by atoms with van der Waals surface area (Å²) in [6.07, 6.45) is 4.43. The summed E-state index contributed by atoms with van der Waals surface area (Å²) < 4.78 is 13.7. The van der Waals surface area contributed by atoms with Gasteiger partial charge in [0.05, 0.1) is 17.5 Å². The predicted octanol–water partition coefficient (Wildman–Crippen LogP) is 2.23. The molecule has 25 heavy (non-hydrogen) atoms. The smallest absolute Gasteiger partial charge is 0.237 e. The SMILES string of the molecule is O=C(C[C@H]1C(=O)NCCN1Cc1ccc(Cl)c(F)c1)NC1CCCC1. The zero-order chi connectivity index (χ0) is 17.8. The molecule has 0 radical (unpaired) electrons. The van der Waals surface area contributed by atoms with Gasteiger partial charge in [-0.05, 0) is 30.5 Å². The van der Waals surface area contributed by atoms with Crippen LogP contribution in [0, 0.1) is 5.82 Å². The Bertz CT molecular complexity index is 649. The average molecular weight is 368 g/mol. The summed E-state index contributed by atoms with van der Waals surface area (Å²) in [6, 6.07) is 4.34. The molecule has 5 nitrogen and oxygen atoms in total. The molecule has 0 unspecified atom stereocenters. The third-order valence-electron chi connectivity index (χ3n) is 4.91. The second-order valence-corrected chi connectivity index (χ2v) is 7.19. The van der Waals surface area contributed by atoms with E-state index in [1.807, 2.05) is 4.90 Å². The lowest BCUT2D eigenvalue weighted by atomic mass is 10.1. The first-order valence-electron chi connectivity index (χ1n) is 8.78. The molecule has 1 aliphatic heterocycles. The molecule has 2 amide bonds. The van der Waals surface area contributed by atoms with Crippen molar-refractivity contribution < 1.29 is 14.0 Å². The first-order chi connectivity index (χ1) is 12.0. The number of nitrogens with one attached hydrogen (secondary N) is 2. The number of halogens is 2. The Hall–Kier alpha value is -1.66. The number of carbonyl (C=O) groups excluding carboxylic acids is 2. The van der Waals surface area contributed by atoms with Crippen LogP contribution in [0.4, 0.5) is 4.39 Å². The highest BCUT2D eigenvalue weighted by molar-refractivity contribution is 6.30. The molecule has 7 heteroatoms. The van der Waals surface area contributed by atoms with Gasteiger partial charge in [-0.3, -0.25) is 14.5 Å². The number of hydrogen-bond acceptors (Lipinski definition) is 3. The van der Waals surface area contributed by atoms with Crippen LogP contribution in [0.25, 0.3) is 0 Å². The maximum Gasteiger partial charge on any atom is 0.237 e. The van der Waals surface area contributed by atoms with Gasteiger partial charge in [0.25, 0.3) is 0 Å². The van der Waals surface area contributed by atoms with E-state index in [2.05, 4.69) is 10.6 Å². The molecule has 2 aliphatic rings. The zero-order valence-corrected chi connectivity index (χ0v) is 14.8. The molecular weight excluding hydrogens is 345 g/mol. The van der Waals surface area contributed by atoms with Gasteiger partial charge >= 0.3 is 0 Å². The van der Waals surface area contributed by atoms with Crippen molar-refractivity contribution in [2.75, 3.05) is 13.1 Å². The molecule has 1 saturated carbocycles. The maximum absolute atomic E-state index is 13.7. The van der Waals surface area contributed by atoms with E-state index < -0.39 is 11.9 Å². The second-order valence-electron chi connectivity index (χ2n) is 6.78. The van der Waals surface area contributed by atoms with Crippen molar-refractivity contribution in [2.24, 2.45) is 0 Å². The minimum atomic E-state index is -0.533. The van der Waals surface area contributed by atoms with E-state index >= 15 is 0 Å². The zero-order valence-electron chi connectivity index (χ0n) is 14.1. The molecule has 0 spiro atoms. The lowest BCUT2D eigenvalue weighted by Crippen LogP contribution is -2.56. The van der Waals surface area contributed by atoms with E-state index in [0.717, 1.165) is 31.2 Å². The monoisotopic (exact) mass is 367 g/mol. The first-order valence-corrected chi connectivity index (χ1v) is 9.16. The van der Waals surface area contributed by atoms with Crippen LogP contribution in [0.2, 0.25) is 5.02 Å². The van der Waals surface area contributed by atoms with Crippen molar-refractivity contribution in [1.82, 2.24) is 15.5 Å². The molecule has 2 N–H and O–H groups in total. The Kier molecular flexibility index (Phi) is 5.91. The third-order valence-corrected chi connectivity index (χ3v) is 5.22. The third kappa shape index (κ3) is 4.70. The van der Waals surface area contributed by atoms with Crippen LogP contribution < -0.4 is 10.6 Å². The summed E-state index contributed by atoms with van der Waals surface area (Å²) >= 11 is 5.72. The Labute approximate surface area is 151 Å². The topological polar surface area (TPSA) is 61.4 Å². The number of piperazine rings is 1. The maximum atomic E-state index is 13.7. The molecule has 1 aromatic carbocycles. The Morgan fingerprint density at radius 2 is 2.12 bits per heavy atom. The summed E-state index contributed by atoms with van der Waals surface area (Å²) in [5.41, 5.74) is 0.734. The molecule has 1 atom stereocenters. The molecule has 1 aliphatic carbocycles. The molecule has 2 fully saturated rings. The van der Waals surface area contributed by atoms with Gasteiger partial charge in [-0.2, -0.15) is 0 Å². The molecule has 1 saturated heterocycles. The van der Waals surface area contributed by atoms with Crippen molar-refractivity contribution in [1.29, 1.82) is 0 Å². The summed E-state index contributed by atoms with van der Waals surface area (Å²) in [6.45, 7) is 1.55. The van der Waals surface area contributed by atoms with Gasteiger partial charge in [0, 0.05) is 25.7 Å². The number of amides is 2. The van der Waals surface area contributed by atoms with Crippen LogP contribution in [0.5, 0.6) is 0 Å². The van der Waals surface area contributed by atoms with Crippen LogP contribution in [-0.2, 0) is 16.1 Å². The van der Waals surface area contributed by atoms with E-state index in [0.29, 0.717) is 19.6 Å². The number of rotatable bonds is 5. The predicted molar refractivity (Wildman–Crippen MR) is 93.6 cm³/mol. The minimum absolute atomic E-state index is 0.0765. The summed E-state index contributed by atoms with van der Waals surface area (Å²) in [5, 5.41) is 5.91. The Morgan fingerprint density at radius 1 is 1.36 bits per heavy atom. The fourth-order valence-electron chi connectivity index (χ4n) is 3.58. The highest BCUT2D eigenvalue weighted by Crippen LogP contribution is 2.20. The molecule has 3 rings (SSSR count). The van der Waals surface area contributed by atoms with Crippen molar-refractivity contribution >= 4 is 23.4 Å². The lowest BCUT2D eigenvalue weighted by molar-refractivity contribution is -0.134. The number of carbonyl (C=O) groups is 2. The minimum Gasteiger partial charge on any atom is -0.353 e. The normalized spacial score (nSPS) is 22.0. The van der Waals surface area contributed by atoms with Crippen LogP contribution in [0.1, 0.15) is 37.7 Å². The van der Waals surface area contributed by atoms with Gasteiger partial charge in [-0.15, -0.1) is 0 Å². The summed E-state index contributed by atoms with van der Waals surface area (Å²) in [7, 11) is 0. The highest BCUT2D eigenvalue weighted by atomic mass is 35.5. The largest absolute Gasteiger partial charge is 0.353 e. The molecule has 1 heterocycles. The van der Waals surface area contributed by atoms with E-state index in [9.17, 15) is 14.0 Å². The van der Waals surface area contributed by atoms with Gasteiger partial charge < -0.3 is 10.6 Å². The van der Waals surface area contributed by atoms with E-state index in [-0.39, 0.29) is 29.3 Å². The number of benzene rings is 1. The van der Waals surface area contributed by atoms with Gasteiger partial charge in [0.2, 0.25) is 11.8 Å². The first kappa shape index (κ1) is 18.1. The van der Waals surface area contributed by atoms with Gasteiger partial charge in [-0.1, -0.05) is 30.5 Å². The van der Waals surface area contributed by atoms with Crippen molar-refractivity contribution in [2.45, 2.75) is 50.7 Å². The molecule has 0 bridgehead atoms. The van der Waals surface area contributed by atoms with Crippen LogP contribution in [0.15, 0.2) is 18.2 Å². The lowest BCUT2D eigenvalue weighted by Gasteiger charge is -2.35. The number of hydrogen-bond donors (Lipinski definition) is 2. The van der Waals surface area contributed by atoms with Gasteiger partial charge in [0.15, 0.2) is 0 Å². The molecule has 0 aromatic heterocycles. The standard InChI is InChI=1S/C18H23ClFN3O2/c19-14-6-5-12(9-15(14)20)11-23-8-7-21-18(25)16(23)10-17(24)22-13-3-1-2-4-13/h5-6,9,13,16H,1-4,7-8,10-11H2,(H,21,25)(H,22,24)/t16-/m0/s1. The van der Waals surface area contributed by atoms with E-state index in [1.165, 1.54) is 12.1 Å². The Balaban J connectivity index is 1.64. The number of nitrogens with zero attached hydrogens (tertiary/aromatic N) is 1. The quantitative estimate of drug-likeness (QED) is 0.839. The summed E-state index contributed by atoms with van der Waals surface area (Å²) in [4.78, 5) is 26.5.